The third-order valence-corrected chi connectivity index (χ3v) is 3.32. The maximum atomic E-state index is 4.47. The van der Waals surface area contributed by atoms with Crippen molar-refractivity contribution < 1.29 is 0 Å². The third-order valence-electron chi connectivity index (χ3n) is 3.32. The smallest absolute Gasteiger partial charge is 0.0631 e. The zero-order valence-corrected chi connectivity index (χ0v) is 9.46. The van der Waals surface area contributed by atoms with Gasteiger partial charge in [0.1, 0.15) is 0 Å². The number of hydrogen-bond acceptors (Lipinski definition) is 2. The molecule has 0 spiro atoms. The van der Waals surface area contributed by atoms with Crippen LogP contribution in [-0.2, 0) is 7.05 Å². The van der Waals surface area contributed by atoms with Crippen molar-refractivity contribution in [1.29, 1.82) is 0 Å². The molecule has 1 N–H and O–H groups in total. The third kappa shape index (κ3) is 1.46. The Morgan fingerprint density at radius 2 is 2.14 bits per heavy atom. The maximum Gasteiger partial charge on any atom is 0.0631 e. The summed E-state index contributed by atoms with van der Waals surface area (Å²) in [6, 6.07) is 0.652. The van der Waals surface area contributed by atoms with Gasteiger partial charge >= 0.3 is 0 Å². The minimum absolute atomic E-state index is 0.652. The molecule has 14 heavy (non-hydrogen) atoms. The van der Waals surface area contributed by atoms with Crippen molar-refractivity contribution in [3.8, 4) is 0 Å². The van der Waals surface area contributed by atoms with E-state index in [0.29, 0.717) is 12.0 Å². The van der Waals surface area contributed by atoms with Gasteiger partial charge < -0.3 is 5.32 Å². The fourth-order valence-electron chi connectivity index (χ4n) is 2.54. The number of nitrogens with one attached hydrogen (secondary N) is 1. The number of rotatable bonds is 1. The molecule has 1 aliphatic rings. The molecule has 1 saturated heterocycles. The molecule has 3 heteroatoms. The van der Waals surface area contributed by atoms with Gasteiger partial charge in [0.2, 0.25) is 0 Å². The van der Waals surface area contributed by atoms with Gasteiger partial charge in [0.25, 0.3) is 0 Å². The first kappa shape index (κ1) is 9.71. The van der Waals surface area contributed by atoms with Gasteiger partial charge in [-0.05, 0) is 27.2 Å². The second-order valence-electron chi connectivity index (χ2n) is 4.45. The van der Waals surface area contributed by atoms with Gasteiger partial charge in [-0.15, -0.1) is 0 Å². The van der Waals surface area contributed by atoms with Crippen LogP contribution in [0.2, 0.25) is 0 Å². The predicted molar refractivity (Wildman–Crippen MR) is 57.5 cm³/mol. The zero-order valence-electron chi connectivity index (χ0n) is 9.46. The molecule has 0 bridgehead atoms. The topological polar surface area (TPSA) is 29.9 Å². The molecule has 2 rings (SSSR count). The second-order valence-corrected chi connectivity index (χ2v) is 4.45. The van der Waals surface area contributed by atoms with E-state index in [0.717, 1.165) is 6.54 Å². The highest BCUT2D eigenvalue weighted by molar-refractivity contribution is 5.30. The minimum atomic E-state index is 0.652. The zero-order chi connectivity index (χ0) is 10.3. The molecule has 0 aliphatic carbocycles. The molecule has 2 heterocycles. The largest absolute Gasteiger partial charge is 0.314 e. The van der Waals surface area contributed by atoms with Crippen LogP contribution in [0.3, 0.4) is 0 Å². The van der Waals surface area contributed by atoms with Crippen LogP contribution in [0, 0.1) is 13.8 Å². The number of aromatic nitrogens is 2. The second kappa shape index (κ2) is 3.39. The van der Waals surface area contributed by atoms with Gasteiger partial charge in [-0.2, -0.15) is 5.10 Å². The predicted octanol–water partition coefficient (Wildman–Crippen LogP) is 1.50. The summed E-state index contributed by atoms with van der Waals surface area (Å²) < 4.78 is 1.99. The lowest BCUT2D eigenvalue weighted by atomic mass is 9.95. The van der Waals surface area contributed by atoms with Crippen LogP contribution < -0.4 is 5.32 Å². The molecule has 0 aromatic carbocycles. The molecule has 2 atom stereocenters. The Labute approximate surface area is 85.5 Å². The number of hydrogen-bond donors (Lipinski definition) is 1. The Bertz CT molecular complexity index is 341. The minimum Gasteiger partial charge on any atom is -0.314 e. The summed E-state index contributed by atoms with van der Waals surface area (Å²) in [5.41, 5.74) is 3.98. The molecule has 78 valence electrons. The fraction of sp³-hybridized carbons (Fsp3) is 0.727. The summed E-state index contributed by atoms with van der Waals surface area (Å²) in [5, 5.41) is 7.96. The van der Waals surface area contributed by atoms with E-state index in [2.05, 4.69) is 31.2 Å². The van der Waals surface area contributed by atoms with E-state index in [9.17, 15) is 0 Å². The standard InChI is InChI=1S/C11H19N3/c1-7-5-10(6-12-7)11-8(2)13-14(4)9(11)3/h7,10,12H,5-6H2,1-4H3. The van der Waals surface area contributed by atoms with E-state index in [4.69, 9.17) is 0 Å². The van der Waals surface area contributed by atoms with Gasteiger partial charge in [0.05, 0.1) is 5.69 Å². The molecule has 1 aromatic heterocycles. The fourth-order valence-corrected chi connectivity index (χ4v) is 2.54. The highest BCUT2D eigenvalue weighted by atomic mass is 15.3. The molecule has 1 aromatic rings. The molecule has 1 fully saturated rings. The quantitative estimate of drug-likeness (QED) is 0.732. The SMILES string of the molecule is Cc1nn(C)c(C)c1C1CNC(C)C1. The van der Waals surface area contributed by atoms with Crippen LogP contribution in [-0.4, -0.2) is 22.4 Å². The lowest BCUT2D eigenvalue weighted by molar-refractivity contribution is 0.657. The molecule has 0 amide bonds. The van der Waals surface area contributed by atoms with E-state index >= 15 is 0 Å². The summed E-state index contributed by atoms with van der Waals surface area (Å²) in [7, 11) is 2.03. The Balaban J connectivity index is 2.31. The van der Waals surface area contributed by atoms with Crippen LogP contribution >= 0.6 is 0 Å². The van der Waals surface area contributed by atoms with E-state index in [1.54, 1.807) is 0 Å². The molecule has 3 nitrogen and oxygen atoms in total. The lowest BCUT2D eigenvalue weighted by Gasteiger charge is -2.09. The van der Waals surface area contributed by atoms with E-state index < -0.39 is 0 Å². The molecular formula is C11H19N3. The van der Waals surface area contributed by atoms with Crippen LogP contribution in [0.1, 0.15) is 36.2 Å². The first-order valence-electron chi connectivity index (χ1n) is 5.33. The summed E-state index contributed by atoms with van der Waals surface area (Å²) in [5.74, 6) is 0.665. The van der Waals surface area contributed by atoms with Gasteiger partial charge in [-0.25, -0.2) is 0 Å². The van der Waals surface area contributed by atoms with Crippen LogP contribution in [0.25, 0.3) is 0 Å². The van der Waals surface area contributed by atoms with Crippen molar-refractivity contribution in [1.82, 2.24) is 15.1 Å². The van der Waals surface area contributed by atoms with Gasteiger partial charge in [-0.1, -0.05) is 0 Å². The first-order valence-corrected chi connectivity index (χ1v) is 5.33. The van der Waals surface area contributed by atoms with E-state index in [-0.39, 0.29) is 0 Å². The summed E-state index contributed by atoms with van der Waals surface area (Å²) in [6.45, 7) is 7.64. The van der Waals surface area contributed by atoms with Gasteiger partial charge in [-0.3, -0.25) is 4.68 Å². The van der Waals surface area contributed by atoms with Crippen LogP contribution in [0.4, 0.5) is 0 Å². The summed E-state index contributed by atoms with van der Waals surface area (Å²) in [4.78, 5) is 0. The molecular weight excluding hydrogens is 174 g/mol. The molecule has 0 saturated carbocycles. The Morgan fingerprint density at radius 1 is 1.43 bits per heavy atom. The Hall–Kier alpha value is -0.830. The van der Waals surface area contributed by atoms with Crippen molar-refractivity contribution in [3.05, 3.63) is 17.0 Å². The molecule has 2 unspecified atom stereocenters. The van der Waals surface area contributed by atoms with Crippen LogP contribution in [0.15, 0.2) is 0 Å². The number of aryl methyl sites for hydroxylation is 2. The summed E-state index contributed by atoms with van der Waals surface area (Å²) >= 11 is 0. The number of nitrogens with zero attached hydrogens (tertiary/aromatic N) is 2. The Kier molecular flexibility index (Phi) is 2.35. The normalized spacial score (nSPS) is 27.1. The summed E-state index contributed by atoms with van der Waals surface area (Å²) in [6.07, 6.45) is 1.24. The van der Waals surface area contributed by atoms with Crippen molar-refractivity contribution >= 4 is 0 Å². The highest BCUT2D eigenvalue weighted by Gasteiger charge is 2.26. The monoisotopic (exact) mass is 193 g/mol. The van der Waals surface area contributed by atoms with E-state index in [1.807, 2.05) is 11.7 Å². The van der Waals surface area contributed by atoms with E-state index in [1.165, 1.54) is 23.4 Å². The highest BCUT2D eigenvalue weighted by Crippen LogP contribution is 2.29. The van der Waals surface area contributed by atoms with Gasteiger partial charge in [0.15, 0.2) is 0 Å². The average molecular weight is 193 g/mol. The van der Waals surface area contributed by atoms with Crippen molar-refractivity contribution in [2.45, 2.75) is 39.2 Å². The average Bonchev–Trinajstić information content (AvgIpc) is 2.60. The Morgan fingerprint density at radius 3 is 2.57 bits per heavy atom. The van der Waals surface area contributed by atoms with Crippen molar-refractivity contribution in [2.75, 3.05) is 6.54 Å². The lowest BCUT2D eigenvalue weighted by Crippen LogP contribution is -2.16. The first-order chi connectivity index (χ1) is 6.59. The van der Waals surface area contributed by atoms with Crippen LogP contribution in [0.5, 0.6) is 0 Å². The van der Waals surface area contributed by atoms with Crippen molar-refractivity contribution in [3.63, 3.8) is 0 Å². The van der Waals surface area contributed by atoms with Crippen molar-refractivity contribution in [2.24, 2.45) is 7.05 Å². The van der Waals surface area contributed by atoms with Gasteiger partial charge in [0, 0.05) is 36.8 Å². The molecule has 1 aliphatic heterocycles. The molecule has 0 radical (unpaired) electrons. The maximum absolute atomic E-state index is 4.47.